The number of benzene rings is 2. The van der Waals surface area contributed by atoms with Gasteiger partial charge >= 0.3 is 0 Å². The molecule has 2 aromatic rings. The summed E-state index contributed by atoms with van der Waals surface area (Å²) in [6.45, 7) is 1.93. The summed E-state index contributed by atoms with van der Waals surface area (Å²) in [5, 5.41) is 0.944. The SMILES string of the molecule is C[C@@H](N)CC1Cc2cc(F)cc(-c3c(Cl)cccc3Cl)c2O1. The minimum atomic E-state index is -0.324. The second-order valence-corrected chi connectivity index (χ2v) is 6.51. The molecule has 1 aliphatic rings. The van der Waals surface area contributed by atoms with Crippen LogP contribution in [-0.2, 0) is 6.42 Å². The zero-order valence-corrected chi connectivity index (χ0v) is 13.6. The average Bonchev–Trinajstić information content (AvgIpc) is 2.79. The number of fused-ring (bicyclic) bond motifs is 1. The molecule has 0 fully saturated rings. The van der Waals surface area contributed by atoms with E-state index in [4.69, 9.17) is 33.7 Å². The largest absolute Gasteiger partial charge is 0.489 e. The van der Waals surface area contributed by atoms with Gasteiger partial charge in [0.15, 0.2) is 0 Å². The number of rotatable bonds is 3. The van der Waals surface area contributed by atoms with Crippen molar-refractivity contribution in [2.75, 3.05) is 0 Å². The monoisotopic (exact) mass is 339 g/mol. The summed E-state index contributed by atoms with van der Waals surface area (Å²) in [7, 11) is 0. The Kier molecular flexibility index (Phi) is 4.31. The van der Waals surface area contributed by atoms with Gasteiger partial charge < -0.3 is 10.5 Å². The van der Waals surface area contributed by atoms with Gasteiger partial charge in [-0.2, -0.15) is 0 Å². The standard InChI is InChI=1S/C17H16Cl2FNO/c1-9(21)5-12-7-10-6-11(20)8-13(17(10)22-12)16-14(18)3-2-4-15(16)19/h2-4,6,8-9,12H,5,7,21H2,1H3/t9-,12?/m1/s1. The Morgan fingerprint density at radius 3 is 2.64 bits per heavy atom. The van der Waals surface area contributed by atoms with Crippen LogP contribution in [0.15, 0.2) is 30.3 Å². The van der Waals surface area contributed by atoms with Gasteiger partial charge in [0.2, 0.25) is 0 Å². The third-order valence-electron chi connectivity index (χ3n) is 3.73. The van der Waals surface area contributed by atoms with Crippen LogP contribution >= 0.6 is 23.2 Å². The lowest BCUT2D eigenvalue weighted by atomic mass is 9.99. The summed E-state index contributed by atoms with van der Waals surface area (Å²) in [5.74, 6) is 0.330. The summed E-state index contributed by atoms with van der Waals surface area (Å²) in [6, 6.07) is 8.16. The Bertz CT molecular complexity index is 698. The summed E-state index contributed by atoms with van der Waals surface area (Å²) < 4.78 is 20.0. The highest BCUT2D eigenvalue weighted by molar-refractivity contribution is 6.39. The lowest BCUT2D eigenvalue weighted by Crippen LogP contribution is -2.25. The molecular formula is C17H16Cl2FNO. The summed E-state index contributed by atoms with van der Waals surface area (Å²) in [5.41, 5.74) is 7.86. The van der Waals surface area contributed by atoms with Gasteiger partial charge in [-0.15, -0.1) is 0 Å². The second-order valence-electron chi connectivity index (χ2n) is 5.70. The van der Waals surface area contributed by atoms with Gasteiger partial charge in [-0.25, -0.2) is 4.39 Å². The Balaban J connectivity index is 2.09. The maximum atomic E-state index is 14.0. The van der Waals surface area contributed by atoms with Crippen LogP contribution in [0.3, 0.4) is 0 Å². The molecule has 0 aromatic heterocycles. The van der Waals surface area contributed by atoms with E-state index in [2.05, 4.69) is 0 Å². The zero-order chi connectivity index (χ0) is 15.9. The topological polar surface area (TPSA) is 35.2 Å². The molecule has 0 aliphatic carbocycles. The van der Waals surface area contributed by atoms with Crippen molar-refractivity contribution in [3.05, 3.63) is 51.8 Å². The molecule has 0 amide bonds. The molecule has 1 heterocycles. The number of ether oxygens (including phenoxy) is 1. The first-order chi connectivity index (χ1) is 10.5. The van der Waals surface area contributed by atoms with Crippen molar-refractivity contribution in [2.45, 2.75) is 31.9 Å². The molecule has 1 aliphatic heterocycles. The van der Waals surface area contributed by atoms with Gasteiger partial charge in [-0.05, 0) is 37.6 Å². The van der Waals surface area contributed by atoms with Crippen LogP contribution in [0.1, 0.15) is 18.9 Å². The molecule has 0 spiro atoms. The maximum Gasteiger partial charge on any atom is 0.131 e. The molecular weight excluding hydrogens is 324 g/mol. The third kappa shape index (κ3) is 2.94. The Morgan fingerprint density at radius 2 is 2.00 bits per heavy atom. The van der Waals surface area contributed by atoms with Gasteiger partial charge in [-0.3, -0.25) is 0 Å². The molecule has 0 saturated heterocycles. The van der Waals surface area contributed by atoms with Crippen LogP contribution < -0.4 is 10.5 Å². The fourth-order valence-electron chi connectivity index (χ4n) is 2.88. The normalized spacial score (nSPS) is 18.0. The number of halogens is 3. The van der Waals surface area contributed by atoms with Crippen molar-refractivity contribution >= 4 is 23.2 Å². The van der Waals surface area contributed by atoms with Crippen molar-refractivity contribution in [3.63, 3.8) is 0 Å². The molecule has 0 saturated carbocycles. The van der Waals surface area contributed by atoms with Crippen LogP contribution in [0.4, 0.5) is 4.39 Å². The Hall–Kier alpha value is -1.29. The van der Waals surface area contributed by atoms with Gasteiger partial charge in [0, 0.05) is 29.2 Å². The van der Waals surface area contributed by atoms with E-state index < -0.39 is 0 Å². The van der Waals surface area contributed by atoms with E-state index in [0.717, 1.165) is 5.56 Å². The maximum absolute atomic E-state index is 14.0. The number of hydrogen-bond acceptors (Lipinski definition) is 2. The summed E-state index contributed by atoms with van der Waals surface area (Å²) >= 11 is 12.5. The van der Waals surface area contributed by atoms with Crippen molar-refractivity contribution < 1.29 is 9.13 Å². The highest BCUT2D eigenvalue weighted by Gasteiger charge is 2.28. The van der Waals surface area contributed by atoms with Crippen LogP contribution in [-0.4, -0.2) is 12.1 Å². The zero-order valence-electron chi connectivity index (χ0n) is 12.1. The highest BCUT2D eigenvalue weighted by Crippen LogP contribution is 2.45. The van der Waals surface area contributed by atoms with Crippen LogP contribution in [0.2, 0.25) is 10.0 Å². The minimum Gasteiger partial charge on any atom is -0.489 e. The molecule has 3 rings (SSSR count). The van der Waals surface area contributed by atoms with Crippen LogP contribution in [0.5, 0.6) is 5.75 Å². The fraction of sp³-hybridized carbons (Fsp3) is 0.294. The van der Waals surface area contributed by atoms with Crippen molar-refractivity contribution in [3.8, 4) is 16.9 Å². The van der Waals surface area contributed by atoms with Gasteiger partial charge in [0.1, 0.15) is 17.7 Å². The highest BCUT2D eigenvalue weighted by atomic mass is 35.5. The van der Waals surface area contributed by atoms with E-state index in [1.165, 1.54) is 12.1 Å². The first kappa shape index (κ1) is 15.6. The van der Waals surface area contributed by atoms with E-state index in [1.54, 1.807) is 18.2 Å². The molecule has 116 valence electrons. The second kappa shape index (κ2) is 6.07. The van der Waals surface area contributed by atoms with E-state index >= 15 is 0 Å². The van der Waals surface area contributed by atoms with Gasteiger partial charge in [0.25, 0.3) is 0 Å². The predicted molar refractivity (Wildman–Crippen MR) is 88.2 cm³/mol. The Morgan fingerprint density at radius 1 is 1.32 bits per heavy atom. The average molecular weight is 340 g/mol. The molecule has 5 heteroatoms. The molecule has 0 radical (unpaired) electrons. The smallest absolute Gasteiger partial charge is 0.131 e. The van der Waals surface area contributed by atoms with Gasteiger partial charge in [-0.1, -0.05) is 29.3 Å². The molecule has 1 unspecified atom stereocenters. The van der Waals surface area contributed by atoms with E-state index in [0.29, 0.717) is 39.8 Å². The minimum absolute atomic E-state index is 0.0245. The molecule has 2 nitrogen and oxygen atoms in total. The van der Waals surface area contributed by atoms with Crippen LogP contribution in [0, 0.1) is 5.82 Å². The molecule has 0 bridgehead atoms. The van der Waals surface area contributed by atoms with E-state index in [1.807, 2.05) is 6.92 Å². The van der Waals surface area contributed by atoms with E-state index in [9.17, 15) is 4.39 Å². The molecule has 2 aromatic carbocycles. The summed E-state index contributed by atoms with van der Waals surface area (Å²) in [6.07, 6.45) is 1.31. The van der Waals surface area contributed by atoms with E-state index in [-0.39, 0.29) is 18.0 Å². The predicted octanol–water partition coefficient (Wildman–Crippen LogP) is 4.84. The van der Waals surface area contributed by atoms with Crippen molar-refractivity contribution in [1.29, 1.82) is 0 Å². The van der Waals surface area contributed by atoms with Crippen LogP contribution in [0.25, 0.3) is 11.1 Å². The lowest BCUT2D eigenvalue weighted by molar-refractivity contribution is 0.213. The molecule has 2 atom stereocenters. The van der Waals surface area contributed by atoms with Gasteiger partial charge in [0.05, 0.1) is 10.0 Å². The number of hydrogen-bond donors (Lipinski definition) is 1. The number of nitrogens with two attached hydrogens (primary N) is 1. The molecule has 22 heavy (non-hydrogen) atoms. The Labute approximate surface area is 139 Å². The first-order valence-corrected chi connectivity index (χ1v) is 7.90. The first-order valence-electron chi connectivity index (χ1n) is 7.14. The third-order valence-corrected chi connectivity index (χ3v) is 4.36. The van der Waals surface area contributed by atoms with Crippen molar-refractivity contribution in [2.24, 2.45) is 5.73 Å². The lowest BCUT2D eigenvalue weighted by Gasteiger charge is -2.15. The molecule has 2 N–H and O–H groups in total. The quantitative estimate of drug-likeness (QED) is 0.868. The summed E-state index contributed by atoms with van der Waals surface area (Å²) in [4.78, 5) is 0. The van der Waals surface area contributed by atoms with Crippen molar-refractivity contribution in [1.82, 2.24) is 0 Å². The fourth-order valence-corrected chi connectivity index (χ4v) is 3.48.